The molecule has 0 radical (unpaired) electrons. The number of hydrogen-bond acceptors (Lipinski definition) is 4. The Kier molecular flexibility index (Phi) is 6.62. The zero-order chi connectivity index (χ0) is 20.8. The van der Waals surface area contributed by atoms with Gasteiger partial charge < -0.3 is 25.0 Å². The lowest BCUT2D eigenvalue weighted by Crippen LogP contribution is -2.40. The fourth-order valence-electron chi connectivity index (χ4n) is 4.31. The summed E-state index contributed by atoms with van der Waals surface area (Å²) in [6.45, 7) is 3.57. The second-order valence-electron chi connectivity index (χ2n) is 8.07. The average Bonchev–Trinajstić information content (AvgIpc) is 3.44. The Morgan fingerprint density at radius 3 is 2.90 bits per heavy atom. The maximum atomic E-state index is 12.1. The Labute approximate surface area is 178 Å². The molecule has 6 heteroatoms. The van der Waals surface area contributed by atoms with E-state index in [-0.39, 0.29) is 6.03 Å². The number of fused-ring (bicyclic) bond motifs is 1. The van der Waals surface area contributed by atoms with Gasteiger partial charge in [0.25, 0.3) is 0 Å². The standard InChI is InChI=1S/C24H31N3O3/c1-29-22-7-3-6-21(15-22)27-12-10-18(17-27)16-26-24(28)25-11-13-30-23-9-8-19-4-2-5-20(19)14-23/h3,6-9,14-15,18H,2,4-5,10-13,16-17H2,1H3,(H2,25,26,28). The van der Waals surface area contributed by atoms with Crippen LogP contribution in [0.5, 0.6) is 11.5 Å². The van der Waals surface area contributed by atoms with Crippen LogP contribution in [0.15, 0.2) is 42.5 Å². The number of nitrogens with zero attached hydrogens (tertiary/aromatic N) is 1. The Balaban J connectivity index is 1.12. The van der Waals surface area contributed by atoms with Gasteiger partial charge in [0.05, 0.1) is 13.7 Å². The number of rotatable bonds is 8. The minimum Gasteiger partial charge on any atom is -0.497 e. The number of amides is 2. The third-order valence-corrected chi connectivity index (χ3v) is 5.98. The third kappa shape index (κ3) is 5.17. The number of nitrogens with one attached hydrogen (secondary N) is 2. The Bertz CT molecular complexity index is 871. The van der Waals surface area contributed by atoms with Crippen molar-refractivity contribution in [1.29, 1.82) is 0 Å². The summed E-state index contributed by atoms with van der Waals surface area (Å²) in [5.41, 5.74) is 4.01. The molecule has 6 nitrogen and oxygen atoms in total. The van der Waals surface area contributed by atoms with Crippen molar-refractivity contribution in [2.75, 3.05) is 44.8 Å². The van der Waals surface area contributed by atoms with Crippen LogP contribution in [0.3, 0.4) is 0 Å². The van der Waals surface area contributed by atoms with Gasteiger partial charge in [-0.2, -0.15) is 0 Å². The zero-order valence-electron chi connectivity index (χ0n) is 17.7. The summed E-state index contributed by atoms with van der Waals surface area (Å²) in [5, 5.41) is 5.88. The lowest BCUT2D eigenvalue weighted by atomic mass is 10.1. The molecule has 0 spiro atoms. The van der Waals surface area contributed by atoms with Crippen LogP contribution in [0.4, 0.5) is 10.5 Å². The Morgan fingerprint density at radius 1 is 1.10 bits per heavy atom. The predicted octanol–water partition coefficient (Wildman–Crippen LogP) is 3.39. The van der Waals surface area contributed by atoms with Crippen molar-refractivity contribution in [3.8, 4) is 11.5 Å². The molecule has 1 unspecified atom stereocenters. The van der Waals surface area contributed by atoms with E-state index in [1.807, 2.05) is 18.2 Å². The first-order chi connectivity index (χ1) is 14.7. The topological polar surface area (TPSA) is 62.8 Å². The Morgan fingerprint density at radius 2 is 2.00 bits per heavy atom. The number of aryl methyl sites for hydroxylation is 2. The van der Waals surface area contributed by atoms with Gasteiger partial charge in [-0.3, -0.25) is 0 Å². The molecule has 0 saturated carbocycles. The first kappa shape index (κ1) is 20.4. The highest BCUT2D eigenvalue weighted by Gasteiger charge is 2.23. The summed E-state index contributed by atoms with van der Waals surface area (Å²) in [6.07, 6.45) is 4.62. The van der Waals surface area contributed by atoms with Crippen molar-refractivity contribution in [3.63, 3.8) is 0 Å². The predicted molar refractivity (Wildman–Crippen MR) is 119 cm³/mol. The summed E-state index contributed by atoms with van der Waals surface area (Å²) >= 11 is 0. The van der Waals surface area contributed by atoms with Gasteiger partial charge in [0.2, 0.25) is 0 Å². The summed E-state index contributed by atoms with van der Waals surface area (Å²) in [7, 11) is 1.69. The van der Waals surface area contributed by atoms with Gasteiger partial charge in [-0.05, 0) is 67.0 Å². The molecule has 1 heterocycles. The summed E-state index contributed by atoms with van der Waals surface area (Å²) in [6, 6.07) is 14.3. The van der Waals surface area contributed by atoms with E-state index in [2.05, 4.69) is 39.8 Å². The highest BCUT2D eigenvalue weighted by molar-refractivity contribution is 5.73. The van der Waals surface area contributed by atoms with E-state index in [9.17, 15) is 4.79 Å². The number of carbonyl (C=O) groups excluding carboxylic acids is 1. The van der Waals surface area contributed by atoms with Crippen LogP contribution < -0.4 is 25.0 Å². The number of hydrogen-bond donors (Lipinski definition) is 2. The molecule has 160 valence electrons. The second-order valence-corrected chi connectivity index (χ2v) is 8.07. The molecule has 2 amide bonds. The molecule has 1 fully saturated rings. The molecule has 2 aromatic carbocycles. The molecule has 1 atom stereocenters. The van der Waals surface area contributed by atoms with Crippen LogP contribution in [0.2, 0.25) is 0 Å². The number of urea groups is 1. The highest BCUT2D eigenvalue weighted by Crippen LogP contribution is 2.27. The number of anilines is 1. The summed E-state index contributed by atoms with van der Waals surface area (Å²) in [5.74, 6) is 2.21. The molecule has 0 aromatic heterocycles. The van der Waals surface area contributed by atoms with Crippen LogP contribution in [0, 0.1) is 5.92 Å². The van der Waals surface area contributed by atoms with Crippen molar-refractivity contribution in [1.82, 2.24) is 10.6 Å². The summed E-state index contributed by atoms with van der Waals surface area (Å²) in [4.78, 5) is 14.4. The lowest BCUT2D eigenvalue weighted by molar-refractivity contribution is 0.235. The van der Waals surface area contributed by atoms with Crippen molar-refractivity contribution < 1.29 is 14.3 Å². The maximum absolute atomic E-state index is 12.1. The van der Waals surface area contributed by atoms with Crippen LogP contribution in [-0.4, -0.2) is 45.9 Å². The average molecular weight is 410 g/mol. The monoisotopic (exact) mass is 409 g/mol. The molecule has 2 aromatic rings. The fourth-order valence-corrected chi connectivity index (χ4v) is 4.31. The first-order valence-electron chi connectivity index (χ1n) is 10.9. The first-order valence-corrected chi connectivity index (χ1v) is 10.9. The minimum absolute atomic E-state index is 0.132. The maximum Gasteiger partial charge on any atom is 0.314 e. The van der Waals surface area contributed by atoms with Gasteiger partial charge in [0.15, 0.2) is 0 Å². The molecular formula is C24H31N3O3. The third-order valence-electron chi connectivity index (χ3n) is 5.98. The van der Waals surface area contributed by atoms with Gasteiger partial charge in [-0.15, -0.1) is 0 Å². The quantitative estimate of drug-likeness (QED) is 0.656. The van der Waals surface area contributed by atoms with Gasteiger partial charge >= 0.3 is 6.03 Å². The minimum atomic E-state index is -0.132. The van der Waals surface area contributed by atoms with E-state index < -0.39 is 0 Å². The molecule has 2 aliphatic rings. The van der Waals surface area contributed by atoms with Crippen LogP contribution in [-0.2, 0) is 12.8 Å². The van der Waals surface area contributed by atoms with E-state index in [1.165, 1.54) is 29.7 Å². The van der Waals surface area contributed by atoms with Crippen molar-refractivity contribution >= 4 is 11.7 Å². The van der Waals surface area contributed by atoms with E-state index in [0.717, 1.165) is 37.4 Å². The lowest BCUT2D eigenvalue weighted by Gasteiger charge is -2.19. The van der Waals surface area contributed by atoms with Gasteiger partial charge in [0, 0.05) is 31.4 Å². The van der Waals surface area contributed by atoms with Crippen molar-refractivity contribution in [2.45, 2.75) is 25.7 Å². The van der Waals surface area contributed by atoms with Gasteiger partial charge in [-0.1, -0.05) is 12.1 Å². The second kappa shape index (κ2) is 9.74. The number of benzene rings is 2. The number of carbonyl (C=O) groups is 1. The molecule has 30 heavy (non-hydrogen) atoms. The van der Waals surface area contributed by atoms with Crippen molar-refractivity contribution in [3.05, 3.63) is 53.6 Å². The number of ether oxygens (including phenoxy) is 2. The fraction of sp³-hybridized carbons (Fsp3) is 0.458. The smallest absolute Gasteiger partial charge is 0.314 e. The zero-order valence-corrected chi connectivity index (χ0v) is 17.7. The van der Waals surface area contributed by atoms with Crippen molar-refractivity contribution in [2.24, 2.45) is 5.92 Å². The van der Waals surface area contributed by atoms with E-state index in [0.29, 0.717) is 25.6 Å². The Hall–Kier alpha value is -2.89. The van der Waals surface area contributed by atoms with E-state index in [4.69, 9.17) is 9.47 Å². The van der Waals surface area contributed by atoms with Crippen LogP contribution in [0.1, 0.15) is 24.0 Å². The van der Waals surface area contributed by atoms with Gasteiger partial charge in [0.1, 0.15) is 18.1 Å². The van der Waals surface area contributed by atoms with Gasteiger partial charge in [-0.25, -0.2) is 4.79 Å². The molecule has 2 N–H and O–H groups in total. The van der Waals surface area contributed by atoms with E-state index >= 15 is 0 Å². The van der Waals surface area contributed by atoms with Crippen LogP contribution in [0.25, 0.3) is 0 Å². The highest BCUT2D eigenvalue weighted by atomic mass is 16.5. The molecule has 1 aliphatic heterocycles. The number of methoxy groups -OCH3 is 1. The molecular weight excluding hydrogens is 378 g/mol. The molecule has 4 rings (SSSR count). The largest absolute Gasteiger partial charge is 0.497 e. The summed E-state index contributed by atoms with van der Waals surface area (Å²) < 4.78 is 11.1. The molecule has 1 saturated heterocycles. The molecule has 0 bridgehead atoms. The van der Waals surface area contributed by atoms with Crippen LogP contribution >= 0.6 is 0 Å². The van der Waals surface area contributed by atoms with E-state index in [1.54, 1.807) is 7.11 Å². The normalized spacial score (nSPS) is 17.5. The molecule has 1 aliphatic carbocycles. The SMILES string of the molecule is COc1cccc(N2CCC(CNC(=O)NCCOc3ccc4c(c3)CCC4)C2)c1.